The summed E-state index contributed by atoms with van der Waals surface area (Å²) < 4.78 is 13.1. The summed E-state index contributed by atoms with van der Waals surface area (Å²) in [5, 5.41) is 3.69. The molecule has 3 rings (SSSR count). The van der Waals surface area contributed by atoms with Gasteiger partial charge in [0, 0.05) is 22.5 Å². The molecule has 0 radical (unpaired) electrons. The van der Waals surface area contributed by atoms with Crippen molar-refractivity contribution in [3.63, 3.8) is 0 Å². The third-order valence-corrected chi connectivity index (χ3v) is 5.09. The molecule has 3 nitrogen and oxygen atoms in total. The molecule has 1 aliphatic carbocycles. The summed E-state index contributed by atoms with van der Waals surface area (Å²) in [7, 11) is 0. The third-order valence-electron chi connectivity index (χ3n) is 4.44. The maximum absolute atomic E-state index is 6.07. The normalized spacial score (nSPS) is 24.3. The first kappa shape index (κ1) is 15.2. The molecule has 0 saturated carbocycles. The number of hydrogen-bond donors (Lipinski definition) is 1. The molecule has 1 aromatic rings. The van der Waals surface area contributed by atoms with E-state index in [-0.39, 0.29) is 0 Å². The summed E-state index contributed by atoms with van der Waals surface area (Å²) in [6.07, 6.45) is 4.48. The SMILES string of the molecule is CCCNC1CCC(C)c2c(Br)cc3c(c21)OCCCO3. The maximum Gasteiger partial charge on any atom is 0.166 e. The second-order valence-corrected chi connectivity index (χ2v) is 6.90. The minimum absolute atomic E-state index is 0.379. The molecule has 0 bridgehead atoms. The average Bonchev–Trinajstić information content (AvgIpc) is 2.71. The van der Waals surface area contributed by atoms with Gasteiger partial charge in [0.05, 0.1) is 13.2 Å². The van der Waals surface area contributed by atoms with Gasteiger partial charge in [0.1, 0.15) is 0 Å². The fraction of sp³-hybridized carbons (Fsp3) is 0.647. The van der Waals surface area contributed by atoms with E-state index >= 15 is 0 Å². The van der Waals surface area contributed by atoms with Crippen LogP contribution in [0.5, 0.6) is 11.5 Å². The highest BCUT2D eigenvalue weighted by atomic mass is 79.9. The minimum Gasteiger partial charge on any atom is -0.490 e. The lowest BCUT2D eigenvalue weighted by Gasteiger charge is -2.33. The molecular formula is C17H24BrNO2. The van der Waals surface area contributed by atoms with Crippen LogP contribution < -0.4 is 14.8 Å². The summed E-state index contributed by atoms with van der Waals surface area (Å²) in [6.45, 7) is 7.04. The van der Waals surface area contributed by atoms with Crippen LogP contribution in [-0.4, -0.2) is 19.8 Å². The Morgan fingerprint density at radius 3 is 2.86 bits per heavy atom. The van der Waals surface area contributed by atoms with Gasteiger partial charge in [-0.15, -0.1) is 0 Å². The van der Waals surface area contributed by atoms with Gasteiger partial charge in [-0.3, -0.25) is 0 Å². The van der Waals surface area contributed by atoms with E-state index in [1.807, 2.05) is 0 Å². The first-order valence-corrected chi connectivity index (χ1v) is 8.87. The molecule has 0 aromatic heterocycles. The van der Waals surface area contributed by atoms with E-state index in [1.54, 1.807) is 0 Å². The van der Waals surface area contributed by atoms with Gasteiger partial charge in [-0.05, 0) is 43.4 Å². The monoisotopic (exact) mass is 353 g/mol. The van der Waals surface area contributed by atoms with E-state index in [9.17, 15) is 0 Å². The van der Waals surface area contributed by atoms with Gasteiger partial charge in [0.25, 0.3) is 0 Å². The Balaban J connectivity index is 2.09. The van der Waals surface area contributed by atoms with Crippen LogP contribution in [0.15, 0.2) is 10.5 Å². The number of fused-ring (bicyclic) bond motifs is 3. The lowest BCUT2D eigenvalue weighted by Crippen LogP contribution is -2.28. The second kappa shape index (κ2) is 6.57. The summed E-state index contributed by atoms with van der Waals surface area (Å²) >= 11 is 3.76. The fourth-order valence-electron chi connectivity index (χ4n) is 3.39. The molecule has 4 heteroatoms. The van der Waals surface area contributed by atoms with Crippen LogP contribution in [0.3, 0.4) is 0 Å². The zero-order chi connectivity index (χ0) is 14.8. The summed E-state index contributed by atoms with van der Waals surface area (Å²) in [5.74, 6) is 2.44. The molecule has 21 heavy (non-hydrogen) atoms. The molecule has 2 unspecified atom stereocenters. The maximum atomic E-state index is 6.07. The fourth-order valence-corrected chi connectivity index (χ4v) is 4.20. The van der Waals surface area contributed by atoms with Crippen molar-refractivity contribution in [3.8, 4) is 11.5 Å². The van der Waals surface area contributed by atoms with Crippen molar-refractivity contribution in [1.29, 1.82) is 0 Å². The lowest BCUT2D eigenvalue weighted by atomic mass is 9.80. The topological polar surface area (TPSA) is 30.5 Å². The standard InChI is InChI=1S/C17H24BrNO2/c1-3-7-19-13-6-5-11(2)15-12(18)10-14-17(16(13)15)21-9-4-8-20-14/h10-11,13,19H,3-9H2,1-2H3. The van der Waals surface area contributed by atoms with Crippen molar-refractivity contribution in [2.45, 2.75) is 51.5 Å². The van der Waals surface area contributed by atoms with Crippen molar-refractivity contribution in [2.75, 3.05) is 19.8 Å². The van der Waals surface area contributed by atoms with E-state index in [0.29, 0.717) is 12.0 Å². The van der Waals surface area contributed by atoms with E-state index in [2.05, 4.69) is 41.2 Å². The minimum atomic E-state index is 0.379. The molecule has 0 fully saturated rings. The average molecular weight is 354 g/mol. The van der Waals surface area contributed by atoms with Crippen molar-refractivity contribution < 1.29 is 9.47 Å². The first-order chi connectivity index (χ1) is 10.2. The Kier molecular flexibility index (Phi) is 4.75. The first-order valence-electron chi connectivity index (χ1n) is 8.07. The Labute approximate surface area is 135 Å². The van der Waals surface area contributed by atoms with Crippen LogP contribution in [0.4, 0.5) is 0 Å². The number of hydrogen-bond acceptors (Lipinski definition) is 3. The van der Waals surface area contributed by atoms with Crippen LogP contribution in [0, 0.1) is 0 Å². The van der Waals surface area contributed by atoms with Gasteiger partial charge >= 0.3 is 0 Å². The number of nitrogens with one attached hydrogen (secondary N) is 1. The summed E-state index contributed by atoms with van der Waals surface area (Å²) in [5.41, 5.74) is 2.73. The summed E-state index contributed by atoms with van der Waals surface area (Å²) in [4.78, 5) is 0. The van der Waals surface area contributed by atoms with E-state index < -0.39 is 0 Å². The zero-order valence-electron chi connectivity index (χ0n) is 12.9. The van der Waals surface area contributed by atoms with Crippen molar-refractivity contribution in [1.82, 2.24) is 5.32 Å². The molecule has 0 spiro atoms. The second-order valence-electron chi connectivity index (χ2n) is 6.05. The Bertz CT molecular complexity index is 518. The Morgan fingerprint density at radius 2 is 2.05 bits per heavy atom. The molecule has 0 amide bonds. The van der Waals surface area contributed by atoms with Crippen LogP contribution in [0.2, 0.25) is 0 Å². The van der Waals surface area contributed by atoms with Gasteiger partial charge in [-0.2, -0.15) is 0 Å². The number of benzene rings is 1. The highest BCUT2D eigenvalue weighted by Crippen LogP contribution is 2.50. The quantitative estimate of drug-likeness (QED) is 0.864. The van der Waals surface area contributed by atoms with Gasteiger partial charge in [-0.25, -0.2) is 0 Å². The third kappa shape index (κ3) is 2.93. The molecule has 0 saturated heterocycles. The zero-order valence-corrected chi connectivity index (χ0v) is 14.5. The predicted molar refractivity (Wildman–Crippen MR) is 88.4 cm³/mol. The van der Waals surface area contributed by atoms with E-state index in [4.69, 9.17) is 9.47 Å². The molecule has 1 N–H and O–H groups in total. The van der Waals surface area contributed by atoms with Gasteiger partial charge in [0.2, 0.25) is 0 Å². The van der Waals surface area contributed by atoms with Crippen molar-refractivity contribution >= 4 is 15.9 Å². The molecule has 2 aliphatic rings. The molecular weight excluding hydrogens is 330 g/mol. The van der Waals surface area contributed by atoms with Crippen LogP contribution in [-0.2, 0) is 0 Å². The Hall–Kier alpha value is -0.740. The van der Waals surface area contributed by atoms with Crippen LogP contribution in [0.1, 0.15) is 62.6 Å². The molecule has 1 aliphatic heterocycles. The van der Waals surface area contributed by atoms with Crippen molar-refractivity contribution in [3.05, 3.63) is 21.7 Å². The largest absolute Gasteiger partial charge is 0.490 e. The Morgan fingerprint density at radius 1 is 1.24 bits per heavy atom. The highest BCUT2D eigenvalue weighted by Gasteiger charge is 2.32. The molecule has 1 heterocycles. The van der Waals surface area contributed by atoms with E-state index in [1.165, 1.54) is 24.0 Å². The molecule has 2 atom stereocenters. The number of halogens is 1. The lowest BCUT2D eigenvalue weighted by molar-refractivity contribution is 0.293. The van der Waals surface area contributed by atoms with Gasteiger partial charge in [-0.1, -0.05) is 29.8 Å². The predicted octanol–water partition coefficient (Wildman–Crippen LogP) is 4.55. The highest BCUT2D eigenvalue weighted by molar-refractivity contribution is 9.10. The molecule has 1 aromatic carbocycles. The number of rotatable bonds is 3. The van der Waals surface area contributed by atoms with Gasteiger partial charge < -0.3 is 14.8 Å². The summed E-state index contributed by atoms with van der Waals surface area (Å²) in [6, 6.07) is 2.47. The van der Waals surface area contributed by atoms with E-state index in [0.717, 1.165) is 48.6 Å². The smallest absolute Gasteiger partial charge is 0.166 e. The number of ether oxygens (including phenoxy) is 2. The van der Waals surface area contributed by atoms with Crippen LogP contribution in [0.25, 0.3) is 0 Å². The van der Waals surface area contributed by atoms with Gasteiger partial charge in [0.15, 0.2) is 11.5 Å². The van der Waals surface area contributed by atoms with Crippen LogP contribution >= 0.6 is 15.9 Å². The molecule has 116 valence electrons. The van der Waals surface area contributed by atoms with Crippen molar-refractivity contribution in [2.24, 2.45) is 0 Å².